The summed E-state index contributed by atoms with van der Waals surface area (Å²) < 4.78 is 3.77. The van der Waals surface area contributed by atoms with Gasteiger partial charge in [0.1, 0.15) is 24.5 Å². The third kappa shape index (κ3) is 16.8. The zero-order valence-electron chi connectivity index (χ0n) is 42.3. The van der Waals surface area contributed by atoms with Crippen molar-refractivity contribution in [2.75, 3.05) is 16.9 Å². The number of nitrogens with two attached hydrogens (primary N) is 1. The van der Waals surface area contributed by atoms with E-state index in [2.05, 4.69) is 100.0 Å². The number of benzene rings is 2. The molecule has 0 saturated heterocycles. The van der Waals surface area contributed by atoms with Crippen LogP contribution in [0.2, 0.25) is 0 Å². The van der Waals surface area contributed by atoms with Gasteiger partial charge < -0.3 is 40.5 Å². The first-order valence-electron chi connectivity index (χ1n) is 23.0. The molecule has 10 aromatic rings. The quantitative estimate of drug-likeness (QED) is 0.0454. The van der Waals surface area contributed by atoms with Crippen molar-refractivity contribution >= 4 is 91.4 Å². The maximum atomic E-state index is 12.2. The molecule has 0 atom stereocenters. The Hall–Kier alpha value is -11.0. The van der Waals surface area contributed by atoms with Crippen LogP contribution in [0.3, 0.4) is 0 Å². The number of fused-ring (bicyclic) bond motifs is 4. The van der Waals surface area contributed by atoms with E-state index in [1.165, 1.54) is 45.6 Å². The summed E-state index contributed by atoms with van der Waals surface area (Å²) in [5.41, 5.74) is 6.02. The van der Waals surface area contributed by atoms with Crippen LogP contribution in [0, 0.1) is 0 Å². The van der Waals surface area contributed by atoms with Gasteiger partial charge in [-0.15, -0.1) is 11.6 Å². The summed E-state index contributed by atoms with van der Waals surface area (Å²) >= 11 is 4.74. The predicted molar refractivity (Wildman–Crippen MR) is 287 cm³/mol. The Kier molecular flexibility index (Phi) is 20.3. The standard InChI is InChI=1S/C16H17N5O3.C9H13N.2C7H6N4O4.C5H4N4O2.C2H3ClO2/c1-9(2)10-3-5-11(6-4-10)18-12(22)7-21-8-17-14-13(21)15(23)20-16(24)19-14;1-7(2)8-3-5-9(10)6-4-8;12-3(13)1-11-2-8-5-4(11)6(14)10-7(15)9-5;12-3(13)1-11-2-8-4-5(11)9-7(15)10-6(4)14;10-4-2-3(7-1-6-2)8-5(11)9-4;3-1-2(4)5/h3-6,8-9H,7H2,1-2H3,(H,18,22)(H2,19,20,23,24);3-7H,10H2,1-2H3;2H,1H2,(H,12,13)(H2,9,10,14,15);2H,1H2,(H3,9,10,12,13,14,15);1H,(H3,6,7,8,9,10,11);1H2,(H,4,5)/p+1. The molecule has 0 radical (unpaired) electrons. The molecule has 0 unspecified atom stereocenters. The number of anilines is 2. The van der Waals surface area contributed by atoms with Crippen molar-refractivity contribution < 1.29 is 39.1 Å². The maximum Gasteiger partial charge on any atom is 0.384 e. The summed E-state index contributed by atoms with van der Waals surface area (Å²) in [6, 6.07) is 15.6. The Morgan fingerprint density at radius 3 is 1.50 bits per heavy atom. The summed E-state index contributed by atoms with van der Waals surface area (Å²) in [5.74, 6) is -2.73. The second kappa shape index (κ2) is 27.2. The molecule has 0 aliphatic carbocycles. The van der Waals surface area contributed by atoms with Crippen LogP contribution in [-0.2, 0) is 38.8 Å². The highest BCUT2D eigenvalue weighted by atomic mass is 35.5. The van der Waals surface area contributed by atoms with Gasteiger partial charge >= 0.3 is 40.7 Å². The lowest BCUT2D eigenvalue weighted by Crippen LogP contribution is -2.39. The maximum absolute atomic E-state index is 12.2. The van der Waals surface area contributed by atoms with Crippen LogP contribution < -0.4 is 60.6 Å². The Morgan fingerprint density at radius 2 is 1.02 bits per heavy atom. The van der Waals surface area contributed by atoms with E-state index in [0.717, 1.165) is 10.3 Å². The van der Waals surface area contributed by atoms with Crippen LogP contribution in [-0.4, -0.2) is 119 Å². The second-order valence-electron chi connectivity index (χ2n) is 17.0. The van der Waals surface area contributed by atoms with E-state index in [1.807, 2.05) is 46.4 Å². The molecule has 1 amide bonds. The number of aliphatic carboxylic acids is 3. The molecular formula is C46H50ClN18O15+. The van der Waals surface area contributed by atoms with Crippen molar-refractivity contribution in [3.8, 4) is 0 Å². The minimum absolute atomic E-state index is 0.0389. The summed E-state index contributed by atoms with van der Waals surface area (Å²) in [7, 11) is 0. The SMILES string of the molecule is CC(C)c1ccc(N)cc1.CC(C)c1ccc(NC(=O)Cn2cnc3[nH]c(=O)[nH]c(=O)c32)cc1.O=C(O)CCl.O=C(O)C[n+]1c[nH]c2c(=O)[nH]c(=O)[nH]c21.O=C(O)Cn1cnc2[nH]c(=O)[nH]c(=O)c21.O=c1[nH]c(=O)c2[nH]cnc2[nH]1. The number of alkyl halides is 1. The first-order chi connectivity index (χ1) is 37.8. The van der Waals surface area contributed by atoms with Crippen molar-refractivity contribution in [1.82, 2.24) is 73.9 Å². The zero-order chi connectivity index (χ0) is 59.0. The number of nitrogens with one attached hydrogen (secondary N) is 11. The number of hydrogen-bond acceptors (Lipinski definition) is 16. The van der Waals surface area contributed by atoms with Crippen molar-refractivity contribution in [3.63, 3.8) is 0 Å². The molecule has 0 bridgehead atoms. The molecule has 2 aromatic carbocycles. The minimum Gasteiger partial charge on any atom is -0.480 e. The van der Waals surface area contributed by atoms with Gasteiger partial charge in [-0.05, 0) is 47.2 Å². The first-order valence-corrected chi connectivity index (χ1v) is 23.6. The summed E-state index contributed by atoms with van der Waals surface area (Å²) in [5, 5.41) is 27.5. The number of amides is 1. The Labute approximate surface area is 447 Å². The first kappa shape index (κ1) is 59.9. The molecule has 0 aliphatic heterocycles. The molecule has 0 saturated carbocycles. The van der Waals surface area contributed by atoms with E-state index in [0.29, 0.717) is 17.5 Å². The van der Waals surface area contributed by atoms with Gasteiger partial charge in [-0.1, -0.05) is 52.0 Å². The second-order valence-corrected chi connectivity index (χ2v) is 17.3. The van der Waals surface area contributed by atoms with E-state index in [4.69, 9.17) is 32.7 Å². The molecule has 33 nitrogen and oxygen atoms in total. The van der Waals surface area contributed by atoms with Crippen LogP contribution in [0.25, 0.3) is 44.7 Å². The lowest BCUT2D eigenvalue weighted by Gasteiger charge is -2.09. The molecule has 0 fully saturated rings. The Balaban J connectivity index is 0.000000186. The van der Waals surface area contributed by atoms with Crippen molar-refractivity contribution in [1.29, 1.82) is 0 Å². The van der Waals surface area contributed by atoms with Crippen molar-refractivity contribution in [2.24, 2.45) is 0 Å². The van der Waals surface area contributed by atoms with Crippen molar-refractivity contribution in [3.05, 3.63) is 168 Å². The van der Waals surface area contributed by atoms with Gasteiger partial charge in [-0.3, -0.25) is 73.4 Å². The van der Waals surface area contributed by atoms with Crippen LogP contribution in [0.1, 0.15) is 50.7 Å². The summed E-state index contributed by atoms with van der Waals surface area (Å²) in [4.78, 5) is 165. The fourth-order valence-corrected chi connectivity index (χ4v) is 6.77. The number of carbonyl (C=O) groups is 4. The number of nitrogens with zero attached hydrogens (tertiary/aromatic N) is 6. The predicted octanol–water partition coefficient (Wildman–Crippen LogP) is -0.769. The lowest BCUT2D eigenvalue weighted by atomic mass is 10.0. The van der Waals surface area contributed by atoms with E-state index in [1.54, 1.807) is 0 Å². The van der Waals surface area contributed by atoms with Gasteiger partial charge in [0.25, 0.3) is 27.9 Å². The molecule has 8 aromatic heterocycles. The number of carboxylic acids is 3. The van der Waals surface area contributed by atoms with Crippen LogP contribution >= 0.6 is 11.6 Å². The molecule has 420 valence electrons. The number of aromatic amines is 10. The fraction of sp³-hybridized carbons (Fsp3) is 0.217. The van der Waals surface area contributed by atoms with E-state index in [9.17, 15) is 57.5 Å². The number of imidazole rings is 4. The molecule has 34 heteroatoms. The van der Waals surface area contributed by atoms with Crippen LogP contribution in [0.4, 0.5) is 11.4 Å². The number of carbonyl (C=O) groups excluding carboxylic acids is 1. The van der Waals surface area contributed by atoms with Gasteiger partial charge in [0, 0.05) is 11.4 Å². The number of nitrogen functional groups attached to an aromatic ring is 1. The monoisotopic (exact) mass is 1130 g/mol. The average molecular weight is 1130 g/mol. The number of H-pyrrole nitrogens is 10. The lowest BCUT2D eigenvalue weighted by molar-refractivity contribution is -0.661. The van der Waals surface area contributed by atoms with E-state index >= 15 is 0 Å². The highest BCUT2D eigenvalue weighted by Crippen LogP contribution is 2.18. The van der Waals surface area contributed by atoms with E-state index < -0.39 is 62.9 Å². The van der Waals surface area contributed by atoms with Crippen molar-refractivity contribution in [2.45, 2.75) is 59.2 Å². The topological polar surface area (TPSA) is 514 Å². The molecule has 8 heterocycles. The molecule has 10 rings (SSSR count). The number of halogens is 1. The van der Waals surface area contributed by atoms with Gasteiger partial charge in [0.2, 0.25) is 11.4 Å². The molecule has 0 aliphatic rings. The Morgan fingerprint density at radius 1 is 0.575 bits per heavy atom. The van der Waals surface area contributed by atoms with Crippen LogP contribution in [0.5, 0.6) is 0 Å². The third-order valence-electron chi connectivity index (χ3n) is 10.4. The van der Waals surface area contributed by atoms with Gasteiger partial charge in [-0.2, -0.15) is 0 Å². The smallest absolute Gasteiger partial charge is 0.384 e. The summed E-state index contributed by atoms with van der Waals surface area (Å²) in [6.07, 6.45) is 5.18. The Bertz CT molecular complexity index is 4300. The average Bonchev–Trinajstić information content (AvgIpc) is 4.23. The van der Waals surface area contributed by atoms with Gasteiger partial charge in [0.05, 0.1) is 19.0 Å². The van der Waals surface area contributed by atoms with E-state index in [-0.39, 0.29) is 76.1 Å². The molecule has 80 heavy (non-hydrogen) atoms. The number of hydrogen-bond donors (Lipinski definition) is 15. The highest BCUT2D eigenvalue weighted by Gasteiger charge is 2.16. The number of rotatable bonds is 10. The zero-order valence-corrected chi connectivity index (χ0v) is 43.0. The normalized spacial score (nSPS) is 10.5. The van der Waals surface area contributed by atoms with Crippen LogP contribution in [0.15, 0.2) is 112 Å². The number of carboxylic acid groups (broad SMARTS) is 3. The highest BCUT2D eigenvalue weighted by molar-refractivity contribution is 6.26. The minimum atomic E-state index is -1.10. The largest absolute Gasteiger partial charge is 0.480 e. The molecule has 0 spiro atoms. The molecule has 16 N–H and O–H groups in total. The van der Waals surface area contributed by atoms with Gasteiger partial charge in [0.15, 0.2) is 40.8 Å². The fourth-order valence-electron chi connectivity index (χ4n) is 6.77. The number of aromatic nitrogens is 16. The summed E-state index contributed by atoms with van der Waals surface area (Å²) in [6.45, 7) is 7.73. The third-order valence-corrected chi connectivity index (χ3v) is 10.7. The van der Waals surface area contributed by atoms with Gasteiger partial charge in [-0.25, -0.2) is 48.5 Å². The molecular weight excluding hydrogens is 1080 g/mol.